The summed E-state index contributed by atoms with van der Waals surface area (Å²) in [6.07, 6.45) is 8.00. The molecule has 0 aromatic carbocycles. The van der Waals surface area contributed by atoms with Crippen LogP contribution in [-0.4, -0.2) is 156 Å². The van der Waals surface area contributed by atoms with E-state index in [4.69, 9.17) is 18.9 Å². The summed E-state index contributed by atoms with van der Waals surface area (Å²) in [4.78, 5) is 92.5. The first-order chi connectivity index (χ1) is 30.4. The zero-order valence-electron chi connectivity index (χ0n) is 38.9. The fraction of sp³-hybridized carbons (Fsp3) is 0.826. The number of hydrogen-bond acceptors (Lipinski definition) is 10. The minimum Gasteiger partial charge on any atom is -0.446 e. The molecule has 2 heterocycles. The molecule has 18 nitrogen and oxygen atoms in total. The van der Waals surface area contributed by atoms with Crippen molar-refractivity contribution in [3.05, 3.63) is 0 Å². The van der Waals surface area contributed by atoms with Crippen LogP contribution in [-0.2, 0) is 18.9 Å². The number of rotatable bonds is 6. The van der Waals surface area contributed by atoms with Gasteiger partial charge in [0, 0.05) is 101 Å². The molecule has 5 saturated carbocycles. The normalized spacial score (nSPS) is 30.8. The number of carbonyl (C=O) groups is 6. The minimum absolute atomic E-state index is 0.215. The van der Waals surface area contributed by atoms with E-state index in [1.165, 1.54) is 0 Å². The Morgan fingerprint density at radius 2 is 0.844 bits per heavy atom. The molecular formula is C46H72N8O10. The molecule has 0 aromatic heterocycles. The van der Waals surface area contributed by atoms with Gasteiger partial charge in [-0.05, 0) is 130 Å². The molecule has 0 aromatic rings. The molecule has 7 aliphatic rings. The second-order valence-electron chi connectivity index (χ2n) is 21.0. The lowest BCUT2D eigenvalue weighted by molar-refractivity contribution is 0.0199. The summed E-state index contributed by atoms with van der Waals surface area (Å²) in [7, 11) is 0. The fourth-order valence-corrected chi connectivity index (χ4v) is 10.2. The van der Waals surface area contributed by atoms with Crippen molar-refractivity contribution in [1.82, 2.24) is 30.2 Å². The van der Waals surface area contributed by atoms with E-state index in [9.17, 15) is 28.8 Å². The minimum atomic E-state index is -0.537. The molecule has 8 amide bonds. The number of fused-ring (bicyclic) bond motifs is 2. The van der Waals surface area contributed by atoms with Gasteiger partial charge in [-0.3, -0.25) is 0 Å². The molecule has 64 heavy (non-hydrogen) atoms. The van der Waals surface area contributed by atoms with Crippen LogP contribution in [0.3, 0.4) is 0 Å². The highest BCUT2D eigenvalue weighted by atomic mass is 16.6. The number of nitrogens with one attached hydrogen (secondary N) is 2. The Hall–Kier alpha value is -4.64. The van der Waals surface area contributed by atoms with E-state index in [-0.39, 0.29) is 36.5 Å². The van der Waals surface area contributed by atoms with Gasteiger partial charge in [0.05, 0.1) is 0 Å². The van der Waals surface area contributed by atoms with Gasteiger partial charge in [0.1, 0.15) is 23.4 Å². The van der Waals surface area contributed by atoms with Crippen molar-refractivity contribution in [2.45, 2.75) is 142 Å². The highest BCUT2D eigenvalue weighted by Gasteiger charge is 2.51. The molecule has 2 aliphatic heterocycles. The topological polar surface area (TPSA) is 201 Å². The summed E-state index contributed by atoms with van der Waals surface area (Å²) in [5, 5.41) is 5.77. The molecule has 1 unspecified atom stereocenters. The SMILES string of the molecule is CC(C)(C)OC(=O)NCC1CC[C@H]2C(=NC(=O)N3CCN(C(=O)OC4CCCC(OC(=O)N5CCN(C(=O)N=C6[C@@H]7CC[C@@H](CNC(=O)OC(C)(C)C)C[C@@H]67)CC5)CCC4)CC3)[C@@H]2C1. The molecule has 2 saturated heterocycles. The number of piperazine rings is 2. The third kappa shape index (κ3) is 13.2. The standard InChI is InChI=1S/C46H72N8O10/c1-45(2,3)63-41(57)47-27-29-13-15-33-35(25-29)37(33)49-39(55)51-17-21-53(22-18-51)43(59)61-31-9-7-11-32(12-8-10-31)62-44(60)54-23-19-52(20-24-54)40(56)50-38-34-16-14-30(26-36(34)38)28-48-42(58)64-46(4,5)6/h29-36H,7-28H2,1-6H3,(H,47,57)(H,48,58)/t29-,30?,31?,32?,33-,34-,35-,36-/m1/s1. The van der Waals surface area contributed by atoms with Crippen LogP contribution >= 0.6 is 0 Å². The molecule has 7 fully saturated rings. The van der Waals surface area contributed by atoms with Gasteiger partial charge in [0.2, 0.25) is 0 Å². The van der Waals surface area contributed by atoms with Gasteiger partial charge in [0.25, 0.3) is 0 Å². The van der Waals surface area contributed by atoms with E-state index in [1.54, 1.807) is 19.6 Å². The number of alkyl carbamates (subject to hydrolysis) is 2. The average Bonchev–Trinajstić information content (AvgIpc) is 4.13. The first-order valence-electron chi connectivity index (χ1n) is 24.0. The monoisotopic (exact) mass is 897 g/mol. The molecule has 0 radical (unpaired) electrons. The molecular weight excluding hydrogens is 825 g/mol. The predicted molar refractivity (Wildman–Crippen MR) is 237 cm³/mol. The van der Waals surface area contributed by atoms with Crippen molar-refractivity contribution in [3.8, 4) is 0 Å². The second-order valence-corrected chi connectivity index (χ2v) is 21.0. The van der Waals surface area contributed by atoms with Gasteiger partial charge in [0.15, 0.2) is 0 Å². The van der Waals surface area contributed by atoms with Gasteiger partial charge >= 0.3 is 36.4 Å². The van der Waals surface area contributed by atoms with Gasteiger partial charge in [-0.25, -0.2) is 38.8 Å². The number of ether oxygens (including phenoxy) is 4. The fourth-order valence-electron chi connectivity index (χ4n) is 10.2. The Labute approximate surface area is 377 Å². The maximum absolute atomic E-state index is 13.2. The van der Waals surface area contributed by atoms with E-state index in [1.807, 2.05) is 41.5 Å². The van der Waals surface area contributed by atoms with Crippen LogP contribution in [0.4, 0.5) is 28.8 Å². The lowest BCUT2D eigenvalue weighted by atomic mass is 9.89. The number of urea groups is 2. The summed E-state index contributed by atoms with van der Waals surface area (Å²) in [5.74, 6) is 1.96. The second kappa shape index (κ2) is 20.3. The number of nitrogens with zero attached hydrogens (tertiary/aromatic N) is 6. The Kier molecular flexibility index (Phi) is 15.0. The van der Waals surface area contributed by atoms with Crippen LogP contribution in [0.15, 0.2) is 9.98 Å². The zero-order chi connectivity index (χ0) is 45.8. The van der Waals surface area contributed by atoms with Gasteiger partial charge < -0.3 is 49.2 Å². The van der Waals surface area contributed by atoms with Crippen LogP contribution < -0.4 is 10.6 Å². The highest BCUT2D eigenvalue weighted by Crippen LogP contribution is 2.50. The highest BCUT2D eigenvalue weighted by molar-refractivity contribution is 6.10. The Morgan fingerprint density at radius 1 is 0.500 bits per heavy atom. The molecule has 6 atom stereocenters. The zero-order valence-corrected chi connectivity index (χ0v) is 38.9. The maximum Gasteiger partial charge on any atom is 0.410 e. The summed E-state index contributed by atoms with van der Waals surface area (Å²) in [5.41, 5.74) is 0.871. The molecule has 0 bridgehead atoms. The van der Waals surface area contributed by atoms with Gasteiger partial charge in [-0.1, -0.05) is 0 Å². The lowest BCUT2D eigenvalue weighted by Crippen LogP contribution is -2.50. The third-order valence-electron chi connectivity index (χ3n) is 13.8. The number of aliphatic imine (C=N–C) groups is 2. The van der Waals surface area contributed by atoms with Crippen molar-refractivity contribution >= 4 is 47.9 Å². The van der Waals surface area contributed by atoms with Crippen molar-refractivity contribution in [2.24, 2.45) is 45.5 Å². The number of carbonyl (C=O) groups excluding carboxylic acids is 6. The predicted octanol–water partition coefficient (Wildman–Crippen LogP) is 6.85. The van der Waals surface area contributed by atoms with Crippen molar-refractivity contribution < 1.29 is 47.7 Å². The molecule has 7 rings (SSSR count). The Morgan fingerprint density at radius 3 is 1.19 bits per heavy atom. The van der Waals surface area contributed by atoms with Crippen LogP contribution in [0.1, 0.15) is 119 Å². The quantitative estimate of drug-likeness (QED) is 0.266. The summed E-state index contributed by atoms with van der Waals surface area (Å²) < 4.78 is 22.6. The summed E-state index contributed by atoms with van der Waals surface area (Å²) in [6.45, 7) is 15.3. The van der Waals surface area contributed by atoms with E-state index in [2.05, 4.69) is 20.6 Å². The molecule has 0 spiro atoms. The third-order valence-corrected chi connectivity index (χ3v) is 13.8. The first kappa shape index (κ1) is 47.3. The summed E-state index contributed by atoms with van der Waals surface area (Å²) >= 11 is 0. The van der Waals surface area contributed by atoms with Crippen molar-refractivity contribution in [2.75, 3.05) is 65.4 Å². The number of amides is 8. The smallest absolute Gasteiger partial charge is 0.410 e. The largest absolute Gasteiger partial charge is 0.446 e. The van der Waals surface area contributed by atoms with Crippen LogP contribution in [0.2, 0.25) is 0 Å². The van der Waals surface area contributed by atoms with Crippen LogP contribution in [0.25, 0.3) is 0 Å². The maximum atomic E-state index is 13.2. The van der Waals surface area contributed by atoms with Gasteiger partial charge in [-0.2, -0.15) is 0 Å². The van der Waals surface area contributed by atoms with E-state index >= 15 is 0 Å². The van der Waals surface area contributed by atoms with Crippen LogP contribution in [0, 0.1) is 35.5 Å². The van der Waals surface area contributed by atoms with Crippen molar-refractivity contribution in [1.29, 1.82) is 0 Å². The first-order valence-corrected chi connectivity index (χ1v) is 24.0. The molecule has 356 valence electrons. The Balaban J connectivity index is 0.741. The molecule has 18 heteroatoms. The van der Waals surface area contributed by atoms with E-state index in [0.717, 1.165) is 62.8 Å². The average molecular weight is 897 g/mol. The lowest BCUT2D eigenvalue weighted by Gasteiger charge is -2.35. The van der Waals surface area contributed by atoms with E-state index in [0.29, 0.717) is 127 Å². The van der Waals surface area contributed by atoms with Crippen molar-refractivity contribution in [3.63, 3.8) is 0 Å². The van der Waals surface area contributed by atoms with Gasteiger partial charge in [-0.15, -0.1) is 0 Å². The Bertz CT molecular complexity index is 1660. The van der Waals surface area contributed by atoms with Crippen LogP contribution in [0.5, 0.6) is 0 Å². The summed E-state index contributed by atoms with van der Waals surface area (Å²) in [6, 6.07) is -0.485. The molecule has 2 N–H and O–H groups in total. The number of hydrogen-bond donors (Lipinski definition) is 2. The van der Waals surface area contributed by atoms with E-state index < -0.39 is 23.4 Å². The molecule has 5 aliphatic carbocycles.